The van der Waals surface area contributed by atoms with Gasteiger partial charge in [-0.1, -0.05) is 17.4 Å². The number of hydrogen-bond donors (Lipinski definition) is 0. The molecule has 2 rings (SSSR count). The zero-order chi connectivity index (χ0) is 11.7. The molecular formula is C10H8N2O3S. The van der Waals surface area contributed by atoms with E-state index in [-0.39, 0.29) is 10.6 Å². The number of thiazole rings is 1. The van der Waals surface area contributed by atoms with Crippen LogP contribution in [0.1, 0.15) is 0 Å². The number of hydrogen-bond acceptors (Lipinski definition) is 4. The molecule has 2 aromatic rings. The summed E-state index contributed by atoms with van der Waals surface area (Å²) in [6.07, 6.45) is 1.62. The van der Waals surface area contributed by atoms with Gasteiger partial charge in [0.25, 0.3) is 5.69 Å². The first-order chi connectivity index (χ1) is 7.63. The summed E-state index contributed by atoms with van der Waals surface area (Å²) >= 11 is 1.01. The first-order valence-corrected chi connectivity index (χ1v) is 5.34. The molecule has 1 aromatic heterocycles. The molecule has 0 atom stereocenters. The Morgan fingerprint density at radius 3 is 2.94 bits per heavy atom. The number of aromatic nitrogens is 1. The highest BCUT2D eigenvalue weighted by Crippen LogP contribution is 2.22. The number of non-ortho nitro benzene ring substituents is 1. The van der Waals surface area contributed by atoms with Crippen molar-refractivity contribution >= 4 is 27.2 Å². The molecule has 5 nitrogen and oxygen atoms in total. The minimum absolute atomic E-state index is 0.000460. The van der Waals surface area contributed by atoms with Gasteiger partial charge < -0.3 is 0 Å². The first kappa shape index (κ1) is 10.6. The minimum atomic E-state index is -0.471. The van der Waals surface area contributed by atoms with Gasteiger partial charge >= 0.3 is 4.87 Å². The van der Waals surface area contributed by atoms with Crippen LogP contribution in [0, 0.1) is 10.1 Å². The van der Waals surface area contributed by atoms with Crippen LogP contribution in [0.4, 0.5) is 5.69 Å². The van der Waals surface area contributed by atoms with Crippen LogP contribution in [0.25, 0.3) is 10.2 Å². The third-order valence-corrected chi connectivity index (χ3v) is 3.12. The van der Waals surface area contributed by atoms with Gasteiger partial charge in [0.15, 0.2) is 0 Å². The van der Waals surface area contributed by atoms with Crippen molar-refractivity contribution < 1.29 is 4.92 Å². The number of rotatable bonds is 3. The van der Waals surface area contributed by atoms with Crippen molar-refractivity contribution in [2.45, 2.75) is 6.54 Å². The fourth-order valence-corrected chi connectivity index (χ4v) is 2.40. The average Bonchev–Trinajstić information content (AvgIpc) is 2.55. The van der Waals surface area contributed by atoms with Crippen molar-refractivity contribution in [2.24, 2.45) is 0 Å². The fourth-order valence-electron chi connectivity index (χ4n) is 1.47. The third-order valence-electron chi connectivity index (χ3n) is 2.17. The number of nitrogens with zero attached hydrogens (tertiary/aromatic N) is 2. The molecule has 1 aromatic carbocycles. The van der Waals surface area contributed by atoms with Crippen molar-refractivity contribution in [2.75, 3.05) is 0 Å². The predicted octanol–water partition coefficient (Wildman–Crippen LogP) is 2.16. The molecule has 0 aliphatic carbocycles. The molecule has 0 fully saturated rings. The van der Waals surface area contributed by atoms with E-state index >= 15 is 0 Å². The average molecular weight is 236 g/mol. The molecular weight excluding hydrogens is 228 g/mol. The highest BCUT2D eigenvalue weighted by atomic mass is 32.1. The van der Waals surface area contributed by atoms with Crippen LogP contribution in [-0.4, -0.2) is 9.49 Å². The zero-order valence-corrected chi connectivity index (χ0v) is 9.07. The lowest BCUT2D eigenvalue weighted by Crippen LogP contribution is -2.10. The number of allylic oxidation sites excluding steroid dienone is 1. The summed E-state index contributed by atoms with van der Waals surface area (Å²) in [6.45, 7) is 3.98. The van der Waals surface area contributed by atoms with Gasteiger partial charge in [0, 0.05) is 18.7 Å². The summed E-state index contributed by atoms with van der Waals surface area (Å²) in [6, 6.07) is 4.41. The van der Waals surface area contributed by atoms with Gasteiger partial charge in [-0.15, -0.1) is 6.58 Å². The van der Waals surface area contributed by atoms with Crippen molar-refractivity contribution in [3.05, 3.63) is 50.6 Å². The molecule has 6 heteroatoms. The van der Waals surface area contributed by atoms with Gasteiger partial charge in [-0.05, 0) is 6.07 Å². The Labute approximate surface area is 94.4 Å². The standard InChI is InChI=1S/C10H8N2O3S/c1-2-5-11-8-4-3-7(12(14)15)6-9(8)16-10(11)13/h2-4,6H,1,5H2. The number of benzene rings is 1. The van der Waals surface area contributed by atoms with Crippen LogP contribution in [0.3, 0.4) is 0 Å². The molecule has 0 bridgehead atoms. The second-order valence-corrected chi connectivity index (χ2v) is 4.17. The Balaban J connectivity index is 2.69. The summed E-state index contributed by atoms with van der Waals surface area (Å²) in [4.78, 5) is 21.5. The lowest BCUT2D eigenvalue weighted by Gasteiger charge is -1.97. The molecule has 0 radical (unpaired) electrons. The fraction of sp³-hybridized carbons (Fsp3) is 0.100. The summed E-state index contributed by atoms with van der Waals surface area (Å²) < 4.78 is 2.16. The summed E-state index contributed by atoms with van der Waals surface area (Å²) in [5, 5.41) is 10.6. The Kier molecular flexibility index (Phi) is 2.57. The van der Waals surface area contributed by atoms with Gasteiger partial charge in [0.05, 0.1) is 15.1 Å². The molecule has 0 spiro atoms. The van der Waals surface area contributed by atoms with Crippen LogP contribution < -0.4 is 4.87 Å². The van der Waals surface area contributed by atoms with E-state index in [1.807, 2.05) is 0 Å². The van der Waals surface area contributed by atoms with Crippen molar-refractivity contribution in [1.82, 2.24) is 4.57 Å². The maximum absolute atomic E-state index is 11.6. The topological polar surface area (TPSA) is 65.1 Å². The summed E-state index contributed by atoms with van der Waals surface area (Å²) in [5.74, 6) is 0. The largest absolute Gasteiger partial charge is 0.308 e. The lowest BCUT2D eigenvalue weighted by atomic mass is 10.3. The zero-order valence-electron chi connectivity index (χ0n) is 8.25. The molecule has 1 heterocycles. The van der Waals surface area contributed by atoms with E-state index in [0.29, 0.717) is 16.8 Å². The van der Waals surface area contributed by atoms with E-state index < -0.39 is 4.92 Å². The third kappa shape index (κ3) is 1.63. The van der Waals surface area contributed by atoms with Gasteiger partial charge in [-0.3, -0.25) is 19.5 Å². The Hall–Kier alpha value is -1.95. The minimum Gasteiger partial charge on any atom is -0.295 e. The van der Waals surface area contributed by atoms with Crippen molar-refractivity contribution in [3.8, 4) is 0 Å². The van der Waals surface area contributed by atoms with Crippen LogP contribution in [0.2, 0.25) is 0 Å². The van der Waals surface area contributed by atoms with Gasteiger partial charge in [0.1, 0.15) is 0 Å². The van der Waals surface area contributed by atoms with Crippen molar-refractivity contribution in [1.29, 1.82) is 0 Å². The van der Waals surface area contributed by atoms with E-state index in [1.54, 1.807) is 12.1 Å². The molecule has 0 aliphatic heterocycles. The van der Waals surface area contributed by atoms with Gasteiger partial charge in [-0.2, -0.15) is 0 Å². The second-order valence-electron chi connectivity index (χ2n) is 3.18. The number of nitro groups is 1. The molecule has 16 heavy (non-hydrogen) atoms. The maximum atomic E-state index is 11.6. The predicted molar refractivity (Wildman–Crippen MR) is 62.9 cm³/mol. The van der Waals surface area contributed by atoms with Gasteiger partial charge in [-0.25, -0.2) is 0 Å². The van der Waals surface area contributed by atoms with E-state index in [4.69, 9.17) is 0 Å². The van der Waals surface area contributed by atoms with E-state index in [1.165, 1.54) is 16.7 Å². The Morgan fingerprint density at radius 2 is 2.31 bits per heavy atom. The normalized spacial score (nSPS) is 10.5. The lowest BCUT2D eigenvalue weighted by molar-refractivity contribution is -0.384. The van der Waals surface area contributed by atoms with Crippen LogP contribution in [0.15, 0.2) is 35.6 Å². The van der Waals surface area contributed by atoms with E-state index in [2.05, 4.69) is 6.58 Å². The molecule has 0 N–H and O–H groups in total. The Bertz CT molecular complexity index is 627. The van der Waals surface area contributed by atoms with E-state index in [0.717, 1.165) is 11.3 Å². The first-order valence-electron chi connectivity index (χ1n) is 4.52. The Morgan fingerprint density at radius 1 is 1.56 bits per heavy atom. The van der Waals surface area contributed by atoms with Crippen LogP contribution >= 0.6 is 11.3 Å². The van der Waals surface area contributed by atoms with E-state index in [9.17, 15) is 14.9 Å². The monoisotopic (exact) mass is 236 g/mol. The summed E-state index contributed by atoms with van der Waals surface area (Å²) in [5.41, 5.74) is 0.708. The molecule has 0 unspecified atom stereocenters. The van der Waals surface area contributed by atoms with Crippen LogP contribution in [-0.2, 0) is 6.54 Å². The van der Waals surface area contributed by atoms with Crippen molar-refractivity contribution in [3.63, 3.8) is 0 Å². The van der Waals surface area contributed by atoms with Crippen LogP contribution in [0.5, 0.6) is 0 Å². The highest BCUT2D eigenvalue weighted by Gasteiger charge is 2.11. The van der Waals surface area contributed by atoms with Gasteiger partial charge in [0.2, 0.25) is 0 Å². The number of fused-ring (bicyclic) bond motifs is 1. The maximum Gasteiger partial charge on any atom is 0.308 e. The number of nitro benzene ring substituents is 1. The highest BCUT2D eigenvalue weighted by molar-refractivity contribution is 7.16. The second kappa shape index (κ2) is 3.90. The molecule has 0 saturated heterocycles. The quantitative estimate of drug-likeness (QED) is 0.466. The molecule has 0 saturated carbocycles. The summed E-state index contributed by atoms with van der Waals surface area (Å²) in [7, 11) is 0. The molecule has 0 amide bonds. The smallest absolute Gasteiger partial charge is 0.295 e. The molecule has 0 aliphatic rings. The molecule has 82 valence electrons. The SMILES string of the molecule is C=CCn1c(=O)sc2cc([N+](=O)[O-])ccc21.